The van der Waals surface area contributed by atoms with Gasteiger partial charge in [-0.2, -0.15) is 0 Å². The van der Waals surface area contributed by atoms with Crippen molar-refractivity contribution >= 4 is 34.7 Å². The van der Waals surface area contributed by atoms with Gasteiger partial charge < -0.3 is 35.2 Å². The highest BCUT2D eigenvalue weighted by atomic mass is 16.5. The molecule has 212 valence electrons. The fourth-order valence-corrected chi connectivity index (χ4v) is 4.78. The number of carbonyl (C=O) groups excluding carboxylic acids is 2. The predicted molar refractivity (Wildman–Crippen MR) is 161 cm³/mol. The fourth-order valence-electron chi connectivity index (χ4n) is 4.78. The van der Waals surface area contributed by atoms with Crippen LogP contribution in [0.15, 0.2) is 60.7 Å². The number of ether oxygens (including phenoxy) is 2. The molecule has 0 aromatic heterocycles. The lowest BCUT2D eigenvalue weighted by molar-refractivity contribution is 0.0949. The molecule has 3 aromatic carbocycles. The van der Waals surface area contributed by atoms with Gasteiger partial charge in [0, 0.05) is 63.5 Å². The molecular formula is C31H39N5O4. The minimum absolute atomic E-state index is 0.184. The van der Waals surface area contributed by atoms with Crippen molar-refractivity contribution in [2.24, 2.45) is 0 Å². The van der Waals surface area contributed by atoms with E-state index in [0.717, 1.165) is 54.4 Å². The lowest BCUT2D eigenvalue weighted by Gasteiger charge is -2.38. The van der Waals surface area contributed by atoms with E-state index < -0.39 is 0 Å². The Bertz CT molecular complexity index is 1320. The molecule has 0 bridgehead atoms. The van der Waals surface area contributed by atoms with E-state index >= 15 is 0 Å². The van der Waals surface area contributed by atoms with Gasteiger partial charge in [-0.25, -0.2) is 4.79 Å². The smallest absolute Gasteiger partial charge is 0.323 e. The van der Waals surface area contributed by atoms with E-state index in [9.17, 15) is 9.59 Å². The largest absolute Gasteiger partial charge is 0.495 e. The van der Waals surface area contributed by atoms with E-state index in [0.29, 0.717) is 36.5 Å². The Balaban J connectivity index is 1.49. The van der Waals surface area contributed by atoms with Crippen LogP contribution in [0.3, 0.4) is 0 Å². The third-order valence-electron chi connectivity index (χ3n) is 7.12. The van der Waals surface area contributed by atoms with Crippen LogP contribution in [0.5, 0.6) is 5.75 Å². The maximum Gasteiger partial charge on any atom is 0.323 e. The van der Waals surface area contributed by atoms with Crippen LogP contribution < -0.4 is 30.5 Å². The maximum absolute atomic E-state index is 13.3. The fraction of sp³-hybridized carbons (Fsp3) is 0.355. The van der Waals surface area contributed by atoms with Gasteiger partial charge >= 0.3 is 6.03 Å². The van der Waals surface area contributed by atoms with Crippen LogP contribution in [0.4, 0.5) is 27.5 Å². The van der Waals surface area contributed by atoms with Crippen molar-refractivity contribution in [2.75, 3.05) is 74.0 Å². The van der Waals surface area contributed by atoms with Crippen molar-refractivity contribution in [1.29, 1.82) is 0 Å². The van der Waals surface area contributed by atoms with Crippen LogP contribution in [0.2, 0.25) is 0 Å². The van der Waals surface area contributed by atoms with E-state index in [1.807, 2.05) is 62.4 Å². The zero-order valence-corrected chi connectivity index (χ0v) is 23.8. The Morgan fingerprint density at radius 3 is 2.12 bits per heavy atom. The normalized spacial score (nSPS) is 13.1. The Labute approximate surface area is 236 Å². The first kappa shape index (κ1) is 28.8. The summed E-state index contributed by atoms with van der Waals surface area (Å²) in [7, 11) is 3.33. The van der Waals surface area contributed by atoms with Gasteiger partial charge in [-0.15, -0.1) is 0 Å². The molecule has 3 aromatic rings. The van der Waals surface area contributed by atoms with Crippen molar-refractivity contribution in [3.05, 3.63) is 77.4 Å². The Hall–Kier alpha value is -4.24. The second-order valence-electron chi connectivity index (χ2n) is 9.86. The minimum atomic E-state index is -0.368. The molecule has 0 aliphatic carbocycles. The number of piperazine rings is 1. The zero-order valence-electron chi connectivity index (χ0n) is 23.8. The van der Waals surface area contributed by atoms with Gasteiger partial charge in [0.15, 0.2) is 0 Å². The number of methoxy groups -OCH3 is 2. The van der Waals surface area contributed by atoms with Crippen LogP contribution >= 0.6 is 0 Å². The van der Waals surface area contributed by atoms with E-state index in [4.69, 9.17) is 9.47 Å². The second kappa shape index (κ2) is 13.7. The van der Waals surface area contributed by atoms with Gasteiger partial charge in [-0.05, 0) is 73.9 Å². The number of amides is 3. The molecule has 1 saturated heterocycles. The molecule has 0 saturated carbocycles. The van der Waals surface area contributed by atoms with Gasteiger partial charge in [-0.3, -0.25) is 4.79 Å². The highest BCUT2D eigenvalue weighted by molar-refractivity contribution is 6.04. The number of hydrogen-bond acceptors (Lipinski definition) is 6. The molecule has 9 heteroatoms. The molecular weight excluding hydrogens is 506 g/mol. The summed E-state index contributed by atoms with van der Waals surface area (Å²) in [6.07, 6.45) is 0.714. The summed E-state index contributed by atoms with van der Waals surface area (Å²) in [6.45, 7) is 8.15. The van der Waals surface area contributed by atoms with E-state index in [1.165, 1.54) is 0 Å². The number of para-hydroxylation sites is 2. The highest BCUT2D eigenvalue weighted by Crippen LogP contribution is 2.31. The first-order chi connectivity index (χ1) is 19.4. The average Bonchev–Trinajstić information content (AvgIpc) is 2.97. The Kier molecular flexibility index (Phi) is 9.86. The number of benzene rings is 3. The molecule has 0 spiro atoms. The van der Waals surface area contributed by atoms with Crippen LogP contribution in [0.25, 0.3) is 0 Å². The van der Waals surface area contributed by atoms with Gasteiger partial charge in [0.05, 0.1) is 18.4 Å². The Morgan fingerprint density at radius 2 is 1.45 bits per heavy atom. The van der Waals surface area contributed by atoms with Gasteiger partial charge in [0.2, 0.25) is 0 Å². The monoisotopic (exact) mass is 545 g/mol. The standard InChI is InChI=1S/C31H39N5O4/c1-22-10-11-24(20-23(22)2)33-31(38)34-25-12-13-27(26(21-25)30(37)32-14-7-19-39-3)35-15-17-36(18-16-35)28-8-5-6-9-29(28)40-4/h5-6,8-13,20-21H,7,14-19H2,1-4H3,(H,32,37)(H2,33,34,38). The maximum atomic E-state index is 13.3. The first-order valence-electron chi connectivity index (χ1n) is 13.6. The number of hydrogen-bond donors (Lipinski definition) is 3. The lowest BCUT2D eigenvalue weighted by atomic mass is 10.1. The van der Waals surface area contributed by atoms with Crippen LogP contribution in [-0.2, 0) is 4.74 Å². The molecule has 1 aliphatic rings. The van der Waals surface area contributed by atoms with Crippen molar-refractivity contribution in [2.45, 2.75) is 20.3 Å². The molecule has 0 radical (unpaired) electrons. The topological polar surface area (TPSA) is 95.2 Å². The van der Waals surface area contributed by atoms with Crippen molar-refractivity contribution < 1.29 is 19.1 Å². The van der Waals surface area contributed by atoms with Crippen LogP contribution in [0.1, 0.15) is 27.9 Å². The number of urea groups is 1. The number of anilines is 4. The van der Waals surface area contributed by atoms with E-state index in [1.54, 1.807) is 20.3 Å². The minimum Gasteiger partial charge on any atom is -0.495 e. The summed E-state index contributed by atoms with van der Waals surface area (Å²) < 4.78 is 10.7. The number of aryl methyl sites for hydroxylation is 2. The summed E-state index contributed by atoms with van der Waals surface area (Å²) >= 11 is 0. The van der Waals surface area contributed by atoms with Crippen molar-refractivity contribution in [3.63, 3.8) is 0 Å². The van der Waals surface area contributed by atoms with Gasteiger partial charge in [0.25, 0.3) is 5.91 Å². The third-order valence-corrected chi connectivity index (χ3v) is 7.12. The molecule has 1 aliphatic heterocycles. The first-order valence-corrected chi connectivity index (χ1v) is 13.6. The van der Waals surface area contributed by atoms with Crippen LogP contribution in [0, 0.1) is 13.8 Å². The Morgan fingerprint density at radius 1 is 0.800 bits per heavy atom. The summed E-state index contributed by atoms with van der Waals surface area (Å²) in [4.78, 5) is 30.6. The van der Waals surface area contributed by atoms with Crippen LogP contribution in [-0.4, -0.2) is 65.5 Å². The van der Waals surface area contributed by atoms with Crippen molar-refractivity contribution in [3.8, 4) is 5.75 Å². The SMILES string of the molecule is COCCCNC(=O)c1cc(NC(=O)Nc2ccc(C)c(C)c2)ccc1N1CCN(c2ccccc2OC)CC1. The van der Waals surface area contributed by atoms with Gasteiger partial charge in [0.1, 0.15) is 5.75 Å². The molecule has 4 rings (SSSR count). The predicted octanol–water partition coefficient (Wildman–Crippen LogP) is 5.05. The molecule has 3 amide bonds. The molecule has 0 unspecified atom stereocenters. The second-order valence-corrected chi connectivity index (χ2v) is 9.86. The molecule has 0 atom stereocenters. The summed E-state index contributed by atoms with van der Waals surface area (Å²) in [5.41, 5.74) is 5.93. The van der Waals surface area contributed by atoms with E-state index in [-0.39, 0.29) is 11.9 Å². The summed E-state index contributed by atoms with van der Waals surface area (Å²) in [6, 6.07) is 18.9. The summed E-state index contributed by atoms with van der Waals surface area (Å²) in [5, 5.41) is 8.74. The number of nitrogens with zero attached hydrogens (tertiary/aromatic N) is 2. The quantitative estimate of drug-likeness (QED) is 0.309. The summed E-state index contributed by atoms with van der Waals surface area (Å²) in [5.74, 6) is 0.665. The highest BCUT2D eigenvalue weighted by Gasteiger charge is 2.24. The molecule has 3 N–H and O–H groups in total. The lowest BCUT2D eigenvalue weighted by Crippen LogP contribution is -2.47. The zero-order chi connectivity index (χ0) is 28.5. The molecule has 1 heterocycles. The number of rotatable bonds is 10. The number of nitrogens with one attached hydrogen (secondary N) is 3. The molecule has 1 fully saturated rings. The van der Waals surface area contributed by atoms with Crippen molar-refractivity contribution in [1.82, 2.24) is 5.32 Å². The molecule has 9 nitrogen and oxygen atoms in total. The number of carbonyl (C=O) groups is 2. The third kappa shape index (κ3) is 7.24. The van der Waals surface area contributed by atoms with E-state index in [2.05, 4.69) is 31.8 Å². The van der Waals surface area contributed by atoms with Gasteiger partial charge in [-0.1, -0.05) is 18.2 Å². The molecule has 40 heavy (non-hydrogen) atoms. The average molecular weight is 546 g/mol.